The van der Waals surface area contributed by atoms with E-state index in [4.69, 9.17) is 11.6 Å². The van der Waals surface area contributed by atoms with E-state index in [0.29, 0.717) is 17.9 Å². The summed E-state index contributed by atoms with van der Waals surface area (Å²) >= 11 is 6.00. The molecule has 1 aromatic rings. The Labute approximate surface area is 164 Å². The van der Waals surface area contributed by atoms with Crippen LogP contribution >= 0.6 is 11.6 Å². The maximum atomic E-state index is 6.00. The number of likely N-dealkylation sites (tertiary alicyclic amines) is 1. The van der Waals surface area contributed by atoms with Gasteiger partial charge >= 0.3 is 0 Å². The highest BCUT2D eigenvalue weighted by molar-refractivity contribution is 6.30. The molecule has 0 spiro atoms. The number of rotatable bonds is 7. The number of hydrogen-bond acceptors (Lipinski definition) is 2. The van der Waals surface area contributed by atoms with Crippen molar-refractivity contribution < 1.29 is 11.0 Å². The fourth-order valence-corrected chi connectivity index (χ4v) is 3.74. The summed E-state index contributed by atoms with van der Waals surface area (Å²) in [6.07, 6.45) is 5.42. The van der Waals surface area contributed by atoms with Crippen LogP contribution in [0.3, 0.4) is 0 Å². The highest BCUT2D eigenvalue weighted by Gasteiger charge is 2.26. The van der Waals surface area contributed by atoms with E-state index in [1.165, 1.54) is 57.4 Å². The Kier molecular flexibility index (Phi) is 11.6. The van der Waals surface area contributed by atoms with Crippen LogP contribution in [0.5, 0.6) is 0 Å². The third-order valence-corrected chi connectivity index (χ3v) is 5.81. The van der Waals surface area contributed by atoms with Crippen LogP contribution in [0.1, 0.15) is 58.4 Å². The molecule has 26 heavy (non-hydrogen) atoms. The molecule has 2 fully saturated rings. The van der Waals surface area contributed by atoms with E-state index in [1.54, 1.807) is 0 Å². The van der Waals surface area contributed by atoms with Gasteiger partial charge in [0.25, 0.3) is 0 Å². The third-order valence-electron chi connectivity index (χ3n) is 5.55. The molecule has 1 saturated carbocycles. The summed E-state index contributed by atoms with van der Waals surface area (Å²) in [5.41, 5.74) is 1.46. The van der Waals surface area contributed by atoms with Gasteiger partial charge in [-0.15, -0.1) is 0 Å². The number of piperidine rings is 1. The van der Waals surface area contributed by atoms with Crippen LogP contribution in [0, 0.1) is 11.8 Å². The predicted molar refractivity (Wildman–Crippen MR) is 113 cm³/mol. The van der Waals surface area contributed by atoms with Gasteiger partial charge in [-0.25, -0.2) is 0 Å². The second kappa shape index (κ2) is 11.9. The lowest BCUT2D eigenvalue weighted by Gasteiger charge is -2.36. The fourth-order valence-electron chi connectivity index (χ4n) is 3.61. The van der Waals surface area contributed by atoms with Gasteiger partial charge in [-0.1, -0.05) is 45.0 Å². The van der Waals surface area contributed by atoms with Crippen molar-refractivity contribution in [2.24, 2.45) is 11.8 Å². The van der Waals surface area contributed by atoms with Crippen molar-refractivity contribution in [1.82, 2.24) is 10.2 Å². The normalized spacial score (nSPS) is 19.2. The molecular weight excluding hydrogens is 348 g/mol. The lowest BCUT2D eigenvalue weighted by Crippen LogP contribution is -2.47. The Morgan fingerprint density at radius 2 is 1.62 bits per heavy atom. The molecular formula is C21H39ClN2O2. The highest BCUT2D eigenvalue weighted by Crippen LogP contribution is 2.30. The van der Waals surface area contributed by atoms with Gasteiger partial charge in [0.2, 0.25) is 0 Å². The van der Waals surface area contributed by atoms with Crippen LogP contribution < -0.4 is 5.32 Å². The van der Waals surface area contributed by atoms with E-state index in [2.05, 4.69) is 36.2 Å². The largest absolute Gasteiger partial charge is 0.412 e. The fraction of sp³-hybridized carbons (Fsp3) is 0.714. The smallest absolute Gasteiger partial charge is 0.0406 e. The average Bonchev–Trinajstić information content (AvgIpc) is 3.37. The maximum absolute atomic E-state index is 6.00. The van der Waals surface area contributed by atoms with E-state index in [1.807, 2.05) is 12.1 Å². The Morgan fingerprint density at radius 1 is 1.04 bits per heavy atom. The minimum Gasteiger partial charge on any atom is -0.412 e. The summed E-state index contributed by atoms with van der Waals surface area (Å²) in [4.78, 5) is 2.66. The summed E-state index contributed by atoms with van der Waals surface area (Å²) in [5, 5.41) is 4.66. The number of nitrogens with one attached hydrogen (secondary N) is 1. The zero-order valence-electron chi connectivity index (χ0n) is 15.6. The summed E-state index contributed by atoms with van der Waals surface area (Å²) in [5.74, 6) is 2.38. The van der Waals surface area contributed by atoms with E-state index in [-0.39, 0.29) is 18.4 Å². The van der Waals surface area contributed by atoms with Crippen molar-refractivity contribution in [1.29, 1.82) is 0 Å². The molecule has 3 rings (SSSR count). The lowest BCUT2D eigenvalue weighted by molar-refractivity contribution is 0.175. The van der Waals surface area contributed by atoms with Gasteiger partial charge in [-0.05, 0) is 80.8 Å². The first-order valence-electron chi connectivity index (χ1n) is 9.33. The van der Waals surface area contributed by atoms with Crippen molar-refractivity contribution in [3.05, 3.63) is 34.9 Å². The molecule has 2 aliphatic rings. The van der Waals surface area contributed by atoms with Crippen molar-refractivity contribution in [3.63, 3.8) is 0 Å². The zero-order valence-corrected chi connectivity index (χ0v) is 16.4. The molecule has 152 valence electrons. The van der Waals surface area contributed by atoms with E-state index in [9.17, 15) is 0 Å². The first-order valence-corrected chi connectivity index (χ1v) is 9.71. The molecule has 0 radical (unpaired) electrons. The number of halogens is 1. The molecule has 4 nitrogen and oxygen atoms in total. The molecule has 1 aliphatic heterocycles. The van der Waals surface area contributed by atoms with Gasteiger partial charge in [0, 0.05) is 17.6 Å². The van der Waals surface area contributed by atoms with Crippen molar-refractivity contribution in [2.75, 3.05) is 26.2 Å². The molecule has 0 bridgehead atoms. The second-order valence-electron chi connectivity index (χ2n) is 7.83. The predicted octanol–water partition coefficient (Wildman–Crippen LogP) is 3.53. The molecule has 1 saturated heterocycles. The monoisotopic (exact) mass is 386 g/mol. The van der Waals surface area contributed by atoms with Crippen molar-refractivity contribution in [3.8, 4) is 0 Å². The summed E-state index contributed by atoms with van der Waals surface area (Å²) in [6.45, 7) is 9.58. The molecule has 0 aromatic heterocycles. The van der Waals surface area contributed by atoms with Crippen LogP contribution in [0.2, 0.25) is 5.02 Å². The van der Waals surface area contributed by atoms with Gasteiger partial charge in [0.05, 0.1) is 0 Å². The first-order chi connectivity index (χ1) is 11.1. The molecule has 0 amide bonds. The van der Waals surface area contributed by atoms with Crippen LogP contribution in [0.25, 0.3) is 0 Å². The van der Waals surface area contributed by atoms with E-state index in [0.717, 1.165) is 10.9 Å². The Morgan fingerprint density at radius 3 is 2.12 bits per heavy atom. The Hall–Kier alpha value is -0.650. The van der Waals surface area contributed by atoms with Crippen LogP contribution in [-0.2, 0) is 0 Å². The Bertz CT molecular complexity index is 483. The van der Waals surface area contributed by atoms with Gasteiger partial charge in [-0.3, -0.25) is 0 Å². The molecule has 1 aliphatic carbocycles. The molecule has 1 aromatic carbocycles. The van der Waals surface area contributed by atoms with Crippen LogP contribution in [-0.4, -0.2) is 48.1 Å². The van der Waals surface area contributed by atoms with Gasteiger partial charge in [-0.2, -0.15) is 0 Å². The number of hydrogen-bond donors (Lipinski definition) is 1. The summed E-state index contributed by atoms with van der Waals surface area (Å²) < 4.78 is 0. The molecule has 5 N–H and O–H groups in total. The maximum Gasteiger partial charge on any atom is 0.0406 e. The molecule has 5 heteroatoms. The summed E-state index contributed by atoms with van der Waals surface area (Å²) in [6, 6.07) is 9.11. The lowest BCUT2D eigenvalue weighted by atomic mass is 9.89. The SMILES string of the molecule is C.CC(C)[C@H](CN1CCC(c2ccc(Cl)cc2)CC1)NCC1CC1.O.O. The zero-order chi connectivity index (χ0) is 16.2. The molecule has 1 heterocycles. The standard InChI is InChI=1S/C20H31ClN2.CH4.2H2O/c1-15(2)20(22-13-16-3-4-16)14-23-11-9-18(10-12-23)17-5-7-19(21)8-6-17;;;/h5-8,15-16,18,20,22H,3-4,9-14H2,1-2H3;1H4;2*1H2/t20-;;;/m0.../s1. The topological polar surface area (TPSA) is 78.3 Å². The van der Waals surface area contributed by atoms with Gasteiger partial charge in [0.1, 0.15) is 0 Å². The molecule has 0 unspecified atom stereocenters. The Balaban J connectivity index is 0.00000208. The number of benzene rings is 1. The minimum absolute atomic E-state index is 0. The van der Waals surface area contributed by atoms with Crippen molar-refractivity contribution >= 4 is 11.6 Å². The van der Waals surface area contributed by atoms with E-state index < -0.39 is 0 Å². The second-order valence-corrected chi connectivity index (χ2v) is 8.27. The third kappa shape index (κ3) is 7.53. The van der Waals surface area contributed by atoms with Gasteiger partial charge in [0.15, 0.2) is 0 Å². The summed E-state index contributed by atoms with van der Waals surface area (Å²) in [7, 11) is 0. The minimum atomic E-state index is 0. The quantitative estimate of drug-likeness (QED) is 0.777. The van der Waals surface area contributed by atoms with Crippen LogP contribution in [0.4, 0.5) is 0 Å². The van der Waals surface area contributed by atoms with Gasteiger partial charge < -0.3 is 21.2 Å². The average molecular weight is 387 g/mol. The molecule has 1 atom stereocenters. The van der Waals surface area contributed by atoms with Crippen LogP contribution in [0.15, 0.2) is 24.3 Å². The van der Waals surface area contributed by atoms with Crippen molar-refractivity contribution in [2.45, 2.75) is 58.9 Å². The van der Waals surface area contributed by atoms with E-state index >= 15 is 0 Å². The highest BCUT2D eigenvalue weighted by atomic mass is 35.5. The number of nitrogens with zero attached hydrogens (tertiary/aromatic N) is 1. The first kappa shape index (κ1) is 25.4.